The third kappa shape index (κ3) is 3.77. The molecule has 0 aliphatic heterocycles. The second-order valence-electron chi connectivity index (χ2n) is 7.49. The zero-order chi connectivity index (χ0) is 20.5. The molecule has 3 aromatic rings. The lowest BCUT2D eigenvalue weighted by molar-refractivity contribution is 0.146. The molecule has 1 aliphatic carbocycles. The number of phenolic OH excluding ortho intramolecular Hbond substituents is 1. The van der Waals surface area contributed by atoms with E-state index in [1.165, 1.54) is 6.07 Å². The highest BCUT2D eigenvalue weighted by atomic mass is 19.1. The highest BCUT2D eigenvalue weighted by molar-refractivity contribution is 5.53. The Kier molecular flexibility index (Phi) is 5.14. The number of phenols is 1. The first-order valence-corrected chi connectivity index (χ1v) is 9.64. The van der Waals surface area contributed by atoms with Crippen molar-refractivity contribution in [1.29, 1.82) is 0 Å². The second-order valence-corrected chi connectivity index (χ2v) is 7.49. The molecule has 4 rings (SSSR count). The van der Waals surface area contributed by atoms with Crippen LogP contribution in [0.25, 0.3) is 0 Å². The molecule has 0 saturated heterocycles. The minimum absolute atomic E-state index is 0.113. The van der Waals surface area contributed by atoms with Crippen molar-refractivity contribution < 1.29 is 18.6 Å². The molecule has 0 bridgehead atoms. The maximum absolute atomic E-state index is 15.2. The lowest BCUT2D eigenvalue weighted by Gasteiger charge is -2.30. The summed E-state index contributed by atoms with van der Waals surface area (Å²) in [6, 6.07) is 17.2. The fourth-order valence-corrected chi connectivity index (χ4v) is 3.91. The third-order valence-electron chi connectivity index (χ3n) is 5.53. The molecule has 0 radical (unpaired) electrons. The number of anilines is 1. The second kappa shape index (κ2) is 7.74. The number of hydrogen-bond donors (Lipinski definition) is 2. The summed E-state index contributed by atoms with van der Waals surface area (Å²) in [5.74, 6) is -0.490. The monoisotopic (exact) mass is 395 g/mol. The van der Waals surface area contributed by atoms with Crippen LogP contribution in [-0.2, 0) is 6.42 Å². The number of fused-ring (bicyclic) bond motifs is 1. The molecule has 2 N–H and O–H groups in total. The predicted octanol–water partition coefficient (Wildman–Crippen LogP) is 5.64. The fourth-order valence-electron chi connectivity index (χ4n) is 3.91. The van der Waals surface area contributed by atoms with Gasteiger partial charge in [-0.3, -0.25) is 0 Å². The summed E-state index contributed by atoms with van der Waals surface area (Å²) in [7, 11) is 0. The summed E-state index contributed by atoms with van der Waals surface area (Å²) in [5, 5.41) is 13.1. The van der Waals surface area contributed by atoms with E-state index < -0.39 is 18.3 Å². The SMILES string of the molecule is Cc1ccccc1NC(Oc1cccc(F)c1C)C1c2ccc(O)cc2CC1F. The standard InChI is InChI=1S/C24H23F2NO2/c1-14-6-3-4-8-21(14)27-24(29-22-9-5-7-19(25)15(22)2)23-18-11-10-17(28)12-16(18)13-20(23)26/h3-12,20,23-24,27-28H,13H2,1-2H3. The number of nitrogens with one attached hydrogen (secondary N) is 1. The predicted molar refractivity (Wildman–Crippen MR) is 110 cm³/mol. The topological polar surface area (TPSA) is 41.5 Å². The van der Waals surface area contributed by atoms with Crippen molar-refractivity contribution in [2.24, 2.45) is 0 Å². The average Bonchev–Trinajstić information content (AvgIpc) is 3.01. The largest absolute Gasteiger partial charge is 0.508 e. The van der Waals surface area contributed by atoms with Crippen molar-refractivity contribution in [2.75, 3.05) is 5.32 Å². The lowest BCUT2D eigenvalue weighted by atomic mass is 9.97. The van der Waals surface area contributed by atoms with E-state index in [1.807, 2.05) is 31.2 Å². The molecule has 0 spiro atoms. The Bertz CT molecular complexity index is 1040. The number of rotatable bonds is 5. The van der Waals surface area contributed by atoms with Gasteiger partial charge in [-0.15, -0.1) is 0 Å². The Morgan fingerprint density at radius 1 is 1.07 bits per heavy atom. The van der Waals surface area contributed by atoms with Crippen LogP contribution in [0.4, 0.5) is 14.5 Å². The first-order valence-electron chi connectivity index (χ1n) is 9.64. The van der Waals surface area contributed by atoms with E-state index in [4.69, 9.17) is 4.74 Å². The van der Waals surface area contributed by atoms with Crippen LogP contribution in [0.3, 0.4) is 0 Å². The molecule has 29 heavy (non-hydrogen) atoms. The van der Waals surface area contributed by atoms with Gasteiger partial charge < -0.3 is 15.2 Å². The van der Waals surface area contributed by atoms with Crippen molar-refractivity contribution >= 4 is 5.69 Å². The van der Waals surface area contributed by atoms with Crippen LogP contribution in [0, 0.1) is 19.7 Å². The number of aryl methyl sites for hydroxylation is 1. The van der Waals surface area contributed by atoms with Gasteiger partial charge in [0.15, 0.2) is 6.23 Å². The molecule has 0 saturated carbocycles. The van der Waals surface area contributed by atoms with Gasteiger partial charge in [0.1, 0.15) is 23.5 Å². The summed E-state index contributed by atoms with van der Waals surface area (Å²) in [6.45, 7) is 3.60. The minimum atomic E-state index is -1.19. The first-order chi connectivity index (χ1) is 13.9. The molecule has 150 valence electrons. The Morgan fingerprint density at radius 2 is 1.86 bits per heavy atom. The summed E-state index contributed by atoms with van der Waals surface area (Å²) in [5.41, 5.74) is 3.75. The number of para-hydroxylation sites is 1. The van der Waals surface area contributed by atoms with Crippen molar-refractivity contribution in [3.63, 3.8) is 0 Å². The van der Waals surface area contributed by atoms with Gasteiger partial charge in [0.25, 0.3) is 0 Å². The lowest BCUT2D eigenvalue weighted by Crippen LogP contribution is -2.37. The average molecular weight is 395 g/mol. The highest BCUT2D eigenvalue weighted by Crippen LogP contribution is 2.41. The Hall–Kier alpha value is -3.08. The van der Waals surface area contributed by atoms with Gasteiger partial charge >= 0.3 is 0 Å². The summed E-state index contributed by atoms with van der Waals surface area (Å²) in [6.07, 6.45) is -1.74. The molecular weight excluding hydrogens is 372 g/mol. The Balaban J connectivity index is 1.74. The van der Waals surface area contributed by atoms with Crippen LogP contribution in [-0.4, -0.2) is 17.5 Å². The molecule has 3 nitrogen and oxygen atoms in total. The number of ether oxygens (including phenoxy) is 1. The third-order valence-corrected chi connectivity index (χ3v) is 5.53. The van der Waals surface area contributed by atoms with Gasteiger partial charge in [0.2, 0.25) is 0 Å². The molecule has 3 aromatic carbocycles. The quantitative estimate of drug-likeness (QED) is 0.549. The zero-order valence-corrected chi connectivity index (χ0v) is 16.3. The minimum Gasteiger partial charge on any atom is -0.508 e. The molecule has 0 aromatic heterocycles. The molecule has 0 fully saturated rings. The number of halogens is 2. The van der Waals surface area contributed by atoms with E-state index in [2.05, 4.69) is 5.32 Å². The van der Waals surface area contributed by atoms with E-state index in [9.17, 15) is 9.50 Å². The first kappa shape index (κ1) is 19.2. The number of benzene rings is 3. The Labute approximate surface area is 169 Å². The fraction of sp³-hybridized carbons (Fsp3) is 0.250. The number of aromatic hydroxyl groups is 1. The van der Waals surface area contributed by atoms with Gasteiger partial charge in [0.05, 0.1) is 5.92 Å². The van der Waals surface area contributed by atoms with Crippen LogP contribution in [0.2, 0.25) is 0 Å². The molecule has 3 atom stereocenters. The van der Waals surface area contributed by atoms with Crippen molar-refractivity contribution in [1.82, 2.24) is 0 Å². The van der Waals surface area contributed by atoms with Crippen LogP contribution in [0.5, 0.6) is 11.5 Å². The van der Waals surface area contributed by atoms with Crippen LogP contribution in [0.15, 0.2) is 60.7 Å². The maximum atomic E-state index is 15.2. The number of alkyl halides is 1. The van der Waals surface area contributed by atoms with Gasteiger partial charge in [-0.05, 0) is 60.9 Å². The smallest absolute Gasteiger partial charge is 0.179 e. The number of hydrogen-bond acceptors (Lipinski definition) is 3. The van der Waals surface area contributed by atoms with Gasteiger partial charge in [-0.25, -0.2) is 8.78 Å². The molecule has 5 heteroatoms. The van der Waals surface area contributed by atoms with E-state index >= 15 is 4.39 Å². The van der Waals surface area contributed by atoms with E-state index in [1.54, 1.807) is 37.3 Å². The molecule has 0 amide bonds. The van der Waals surface area contributed by atoms with Gasteiger partial charge in [0, 0.05) is 17.7 Å². The van der Waals surface area contributed by atoms with E-state index in [0.29, 0.717) is 11.3 Å². The molecule has 3 unspecified atom stereocenters. The van der Waals surface area contributed by atoms with Crippen molar-refractivity contribution in [2.45, 2.75) is 38.6 Å². The molecular formula is C24H23F2NO2. The summed E-state index contributed by atoms with van der Waals surface area (Å²) in [4.78, 5) is 0. The van der Waals surface area contributed by atoms with Crippen molar-refractivity contribution in [3.05, 3.63) is 88.7 Å². The van der Waals surface area contributed by atoms with Crippen LogP contribution < -0.4 is 10.1 Å². The van der Waals surface area contributed by atoms with Crippen molar-refractivity contribution in [3.8, 4) is 11.5 Å². The zero-order valence-electron chi connectivity index (χ0n) is 16.3. The van der Waals surface area contributed by atoms with E-state index in [-0.39, 0.29) is 18.0 Å². The van der Waals surface area contributed by atoms with Crippen LogP contribution in [0.1, 0.15) is 28.2 Å². The van der Waals surface area contributed by atoms with Crippen LogP contribution >= 0.6 is 0 Å². The highest BCUT2D eigenvalue weighted by Gasteiger charge is 2.40. The normalized spacial score (nSPS) is 18.9. The maximum Gasteiger partial charge on any atom is 0.179 e. The van der Waals surface area contributed by atoms with E-state index in [0.717, 1.165) is 22.4 Å². The van der Waals surface area contributed by atoms with Gasteiger partial charge in [-0.2, -0.15) is 0 Å². The Morgan fingerprint density at radius 3 is 2.66 bits per heavy atom. The molecule has 0 heterocycles. The molecule has 1 aliphatic rings. The summed E-state index contributed by atoms with van der Waals surface area (Å²) >= 11 is 0. The summed E-state index contributed by atoms with van der Waals surface area (Å²) < 4.78 is 35.4. The van der Waals surface area contributed by atoms with Gasteiger partial charge in [-0.1, -0.05) is 30.3 Å².